The Balaban J connectivity index is 2.16. The smallest absolute Gasteiger partial charge is 0.239 e. The van der Waals surface area contributed by atoms with E-state index < -0.39 is 0 Å². The SMILES string of the molecule is CC(C)NC1CCN(CCCOCCO)C1=O. The molecular weight excluding hydrogens is 220 g/mol. The molecule has 2 N–H and O–H groups in total. The summed E-state index contributed by atoms with van der Waals surface area (Å²) in [6, 6.07) is 0.338. The van der Waals surface area contributed by atoms with Crippen LogP contribution in [0.3, 0.4) is 0 Å². The first kappa shape index (κ1) is 14.4. The molecule has 0 radical (unpaired) electrons. The fourth-order valence-electron chi connectivity index (χ4n) is 2.04. The Morgan fingerprint density at radius 1 is 1.53 bits per heavy atom. The van der Waals surface area contributed by atoms with Gasteiger partial charge in [-0.3, -0.25) is 4.79 Å². The molecule has 17 heavy (non-hydrogen) atoms. The second-order valence-corrected chi connectivity index (χ2v) is 4.68. The number of hydrogen-bond donors (Lipinski definition) is 2. The number of aliphatic hydroxyl groups excluding tert-OH is 1. The van der Waals surface area contributed by atoms with Crippen molar-refractivity contribution in [2.75, 3.05) is 32.9 Å². The molecule has 5 nitrogen and oxygen atoms in total. The van der Waals surface area contributed by atoms with Crippen LogP contribution in [0.4, 0.5) is 0 Å². The Kier molecular flexibility index (Phi) is 6.47. The quantitative estimate of drug-likeness (QED) is 0.589. The maximum absolute atomic E-state index is 11.9. The largest absolute Gasteiger partial charge is 0.394 e. The Morgan fingerprint density at radius 2 is 2.29 bits per heavy atom. The molecule has 1 heterocycles. The van der Waals surface area contributed by atoms with Crippen molar-refractivity contribution in [1.29, 1.82) is 0 Å². The van der Waals surface area contributed by atoms with Gasteiger partial charge in [0.05, 0.1) is 19.3 Å². The summed E-state index contributed by atoms with van der Waals surface area (Å²) in [5.74, 6) is 0.209. The molecule has 0 aromatic heterocycles. The van der Waals surface area contributed by atoms with Crippen molar-refractivity contribution in [3.05, 3.63) is 0 Å². The second kappa shape index (κ2) is 7.63. The van der Waals surface area contributed by atoms with Crippen molar-refractivity contribution in [3.8, 4) is 0 Å². The Hall–Kier alpha value is -0.650. The van der Waals surface area contributed by atoms with Crippen LogP contribution < -0.4 is 5.32 Å². The maximum Gasteiger partial charge on any atom is 0.239 e. The summed E-state index contributed by atoms with van der Waals surface area (Å²) in [5.41, 5.74) is 0. The first-order valence-corrected chi connectivity index (χ1v) is 6.38. The maximum atomic E-state index is 11.9. The summed E-state index contributed by atoms with van der Waals surface area (Å²) in [5, 5.41) is 11.8. The Bertz CT molecular complexity index is 234. The van der Waals surface area contributed by atoms with Gasteiger partial charge >= 0.3 is 0 Å². The normalized spacial score (nSPS) is 20.6. The van der Waals surface area contributed by atoms with Crippen LogP contribution in [0.25, 0.3) is 0 Å². The van der Waals surface area contributed by atoms with Crippen LogP contribution in [-0.2, 0) is 9.53 Å². The standard InChI is InChI=1S/C12H24N2O3/c1-10(2)13-11-4-6-14(12(11)16)5-3-8-17-9-7-15/h10-11,13,15H,3-9H2,1-2H3. The van der Waals surface area contributed by atoms with Crippen molar-refractivity contribution in [3.63, 3.8) is 0 Å². The van der Waals surface area contributed by atoms with Gasteiger partial charge in [0.1, 0.15) is 0 Å². The van der Waals surface area contributed by atoms with Crippen molar-refractivity contribution in [1.82, 2.24) is 10.2 Å². The predicted molar refractivity (Wildman–Crippen MR) is 65.8 cm³/mol. The number of hydrogen-bond acceptors (Lipinski definition) is 4. The van der Waals surface area contributed by atoms with Crippen LogP contribution in [-0.4, -0.2) is 60.9 Å². The van der Waals surface area contributed by atoms with Gasteiger partial charge in [-0.15, -0.1) is 0 Å². The highest BCUT2D eigenvalue weighted by atomic mass is 16.5. The molecule has 100 valence electrons. The van der Waals surface area contributed by atoms with E-state index in [1.807, 2.05) is 4.90 Å². The van der Waals surface area contributed by atoms with Crippen molar-refractivity contribution in [2.45, 2.75) is 38.8 Å². The van der Waals surface area contributed by atoms with E-state index in [2.05, 4.69) is 19.2 Å². The van der Waals surface area contributed by atoms with Gasteiger partial charge in [-0.05, 0) is 12.8 Å². The number of nitrogens with zero attached hydrogens (tertiary/aromatic N) is 1. The highest BCUT2D eigenvalue weighted by Gasteiger charge is 2.30. The lowest BCUT2D eigenvalue weighted by Crippen LogP contribution is -2.41. The Morgan fingerprint density at radius 3 is 2.94 bits per heavy atom. The van der Waals surface area contributed by atoms with Crippen LogP contribution in [0.5, 0.6) is 0 Å². The Labute approximate surface area is 103 Å². The number of carbonyl (C=O) groups excluding carboxylic acids is 1. The summed E-state index contributed by atoms with van der Waals surface area (Å²) in [6.07, 6.45) is 1.73. The molecule has 1 rings (SSSR count). The summed E-state index contributed by atoms with van der Waals surface area (Å²) < 4.78 is 5.17. The van der Waals surface area contributed by atoms with Crippen LogP contribution in [0.15, 0.2) is 0 Å². The molecular formula is C12H24N2O3. The highest BCUT2D eigenvalue weighted by Crippen LogP contribution is 2.12. The van der Waals surface area contributed by atoms with Gasteiger partial charge in [-0.2, -0.15) is 0 Å². The number of aliphatic hydroxyl groups is 1. The van der Waals surface area contributed by atoms with Gasteiger partial charge in [0.15, 0.2) is 0 Å². The highest BCUT2D eigenvalue weighted by molar-refractivity contribution is 5.83. The summed E-state index contributed by atoms with van der Waals surface area (Å²) in [6.45, 7) is 6.74. The van der Waals surface area contributed by atoms with Gasteiger partial charge < -0.3 is 20.1 Å². The van der Waals surface area contributed by atoms with E-state index >= 15 is 0 Å². The topological polar surface area (TPSA) is 61.8 Å². The number of nitrogens with one attached hydrogen (secondary N) is 1. The number of carbonyl (C=O) groups is 1. The molecule has 1 amide bonds. The summed E-state index contributed by atoms with van der Waals surface area (Å²) in [7, 11) is 0. The van der Waals surface area contributed by atoms with Crippen molar-refractivity contribution < 1.29 is 14.6 Å². The lowest BCUT2D eigenvalue weighted by Gasteiger charge is -2.18. The van der Waals surface area contributed by atoms with Crippen LogP contribution in [0.1, 0.15) is 26.7 Å². The predicted octanol–water partition coefficient (Wildman–Crippen LogP) is -0.0157. The van der Waals surface area contributed by atoms with Crippen molar-refractivity contribution in [2.24, 2.45) is 0 Å². The number of likely N-dealkylation sites (tertiary alicyclic amines) is 1. The molecule has 1 fully saturated rings. The molecule has 5 heteroatoms. The van der Waals surface area contributed by atoms with E-state index in [1.54, 1.807) is 0 Å². The lowest BCUT2D eigenvalue weighted by atomic mass is 10.2. The summed E-state index contributed by atoms with van der Waals surface area (Å²) >= 11 is 0. The first-order chi connectivity index (χ1) is 8.15. The van der Waals surface area contributed by atoms with E-state index in [-0.39, 0.29) is 18.6 Å². The minimum Gasteiger partial charge on any atom is -0.394 e. The fourth-order valence-corrected chi connectivity index (χ4v) is 2.04. The third-order valence-electron chi connectivity index (χ3n) is 2.78. The molecule has 1 saturated heterocycles. The molecule has 0 aromatic rings. The van der Waals surface area contributed by atoms with Gasteiger partial charge in [0.2, 0.25) is 5.91 Å². The molecule has 1 aliphatic rings. The minimum atomic E-state index is -0.00615. The van der Waals surface area contributed by atoms with Gasteiger partial charge in [0, 0.05) is 25.7 Å². The lowest BCUT2D eigenvalue weighted by molar-refractivity contribution is -0.129. The summed E-state index contributed by atoms with van der Waals surface area (Å²) in [4.78, 5) is 13.8. The van der Waals surface area contributed by atoms with Crippen LogP contribution in [0.2, 0.25) is 0 Å². The third kappa shape index (κ3) is 5.02. The van der Waals surface area contributed by atoms with E-state index in [4.69, 9.17) is 9.84 Å². The average molecular weight is 244 g/mol. The van der Waals surface area contributed by atoms with E-state index in [0.29, 0.717) is 19.3 Å². The zero-order valence-electron chi connectivity index (χ0n) is 10.8. The molecule has 0 aromatic carbocycles. The van der Waals surface area contributed by atoms with Gasteiger partial charge in [-0.1, -0.05) is 13.8 Å². The van der Waals surface area contributed by atoms with Gasteiger partial charge in [0.25, 0.3) is 0 Å². The van der Waals surface area contributed by atoms with Crippen molar-refractivity contribution >= 4 is 5.91 Å². The van der Waals surface area contributed by atoms with E-state index in [0.717, 1.165) is 25.9 Å². The fraction of sp³-hybridized carbons (Fsp3) is 0.917. The molecule has 1 unspecified atom stereocenters. The third-order valence-corrected chi connectivity index (χ3v) is 2.78. The minimum absolute atomic E-state index is 0.00615. The molecule has 0 saturated carbocycles. The van der Waals surface area contributed by atoms with Crippen LogP contribution in [0, 0.1) is 0 Å². The van der Waals surface area contributed by atoms with Gasteiger partial charge in [-0.25, -0.2) is 0 Å². The second-order valence-electron chi connectivity index (χ2n) is 4.68. The molecule has 0 bridgehead atoms. The molecule has 0 aliphatic carbocycles. The zero-order valence-corrected chi connectivity index (χ0v) is 10.8. The number of rotatable bonds is 8. The molecule has 0 spiro atoms. The molecule has 1 aliphatic heterocycles. The number of amides is 1. The van der Waals surface area contributed by atoms with E-state index in [1.165, 1.54) is 0 Å². The number of ether oxygens (including phenoxy) is 1. The average Bonchev–Trinajstić information content (AvgIpc) is 2.60. The monoisotopic (exact) mass is 244 g/mol. The van der Waals surface area contributed by atoms with Crippen LogP contribution >= 0.6 is 0 Å². The first-order valence-electron chi connectivity index (χ1n) is 6.38. The zero-order chi connectivity index (χ0) is 12.7. The van der Waals surface area contributed by atoms with E-state index in [9.17, 15) is 4.79 Å². The molecule has 1 atom stereocenters.